The average Bonchev–Trinajstić information content (AvgIpc) is 2.96. The first-order chi connectivity index (χ1) is 11.2. The van der Waals surface area contributed by atoms with E-state index in [0.717, 1.165) is 22.6 Å². The predicted molar refractivity (Wildman–Crippen MR) is 97.8 cm³/mol. The van der Waals surface area contributed by atoms with Crippen LogP contribution >= 0.6 is 6.89 Å². The molecule has 3 heterocycles. The van der Waals surface area contributed by atoms with Gasteiger partial charge in [0.05, 0.1) is 6.10 Å². The summed E-state index contributed by atoms with van der Waals surface area (Å²) in [6.07, 6.45) is 4.62. The molecule has 2 aliphatic rings. The van der Waals surface area contributed by atoms with Crippen LogP contribution in [0, 0.1) is 6.92 Å². The number of aromatic amines is 1. The van der Waals surface area contributed by atoms with E-state index in [4.69, 9.17) is 4.74 Å². The van der Waals surface area contributed by atoms with E-state index in [1.807, 2.05) is 19.2 Å². The molecule has 0 amide bonds. The zero-order chi connectivity index (χ0) is 17.6. The number of H-pyrrole nitrogens is 1. The van der Waals surface area contributed by atoms with Gasteiger partial charge in [-0.2, -0.15) is 0 Å². The van der Waals surface area contributed by atoms with Crippen LogP contribution in [0.2, 0.25) is 0 Å². The van der Waals surface area contributed by atoms with Gasteiger partial charge < -0.3 is 24.8 Å². The molecule has 0 aromatic carbocycles. The number of ether oxygens (including phenoxy) is 1. The molecule has 1 saturated heterocycles. The molecule has 7 heteroatoms. The summed E-state index contributed by atoms with van der Waals surface area (Å²) in [6.45, 7) is 9.00. The maximum atomic E-state index is 10.4. The van der Waals surface area contributed by atoms with E-state index in [1.165, 1.54) is 0 Å². The Labute approximate surface area is 142 Å². The maximum Gasteiger partial charge on any atom is 0.164 e. The highest BCUT2D eigenvalue weighted by molar-refractivity contribution is 7.72. The first-order valence-electron chi connectivity index (χ1n) is 8.08. The van der Waals surface area contributed by atoms with Gasteiger partial charge in [0.2, 0.25) is 0 Å². The molecule has 0 bridgehead atoms. The molecule has 1 fully saturated rings. The second-order valence-electron chi connectivity index (χ2n) is 7.31. The van der Waals surface area contributed by atoms with Crippen molar-refractivity contribution in [2.45, 2.75) is 37.9 Å². The average molecular weight is 351 g/mol. The lowest BCUT2D eigenvalue weighted by atomic mass is 10.1. The highest BCUT2D eigenvalue weighted by Crippen LogP contribution is 2.38. The summed E-state index contributed by atoms with van der Waals surface area (Å²) in [5.41, 5.74) is 1.75. The van der Waals surface area contributed by atoms with Crippen LogP contribution in [-0.2, 0) is 4.74 Å². The molecule has 6 nitrogen and oxygen atoms in total. The summed E-state index contributed by atoms with van der Waals surface area (Å²) in [4.78, 5) is 9.29. The fourth-order valence-electron chi connectivity index (χ4n) is 3.09. The zero-order valence-corrected chi connectivity index (χ0v) is 15.3. The SMILES string of the molecule is C=C1N=c2[nH]c(C)cc2=CN1[C@@H]1OC(CCP(=C)(C)C)[C@@H](O)[C@H]1O. The maximum absolute atomic E-state index is 10.4. The van der Waals surface area contributed by atoms with Crippen LogP contribution in [-0.4, -0.2) is 70.4 Å². The number of nitrogens with one attached hydrogen (secondary N) is 1. The summed E-state index contributed by atoms with van der Waals surface area (Å²) in [7, 11) is 0. The van der Waals surface area contributed by atoms with Gasteiger partial charge in [-0.15, -0.1) is 13.2 Å². The van der Waals surface area contributed by atoms with Crippen molar-refractivity contribution in [1.82, 2.24) is 9.88 Å². The molecule has 0 aliphatic carbocycles. The molecule has 1 aromatic rings. The minimum absolute atomic E-state index is 0.401. The minimum atomic E-state index is -1.20. The lowest BCUT2D eigenvalue weighted by Gasteiger charge is -2.29. The van der Waals surface area contributed by atoms with Gasteiger partial charge in [0, 0.05) is 17.1 Å². The largest absolute Gasteiger partial charge is 0.388 e. The number of fused-ring (bicyclic) bond motifs is 1. The van der Waals surface area contributed by atoms with Crippen LogP contribution in [0.15, 0.2) is 23.5 Å². The van der Waals surface area contributed by atoms with Crippen LogP contribution in [0.3, 0.4) is 0 Å². The summed E-state index contributed by atoms with van der Waals surface area (Å²) in [6, 6.07) is 1.98. The summed E-state index contributed by atoms with van der Waals surface area (Å²) in [5.74, 6) is 0.478. The molecule has 1 aromatic heterocycles. The second kappa shape index (κ2) is 6.19. The van der Waals surface area contributed by atoms with E-state index < -0.39 is 31.4 Å². The number of rotatable bonds is 4. The van der Waals surface area contributed by atoms with E-state index in [-0.39, 0.29) is 0 Å². The molecule has 3 N–H and O–H groups in total. The van der Waals surface area contributed by atoms with Crippen molar-refractivity contribution in [3.05, 3.63) is 34.9 Å². The van der Waals surface area contributed by atoms with Gasteiger partial charge >= 0.3 is 0 Å². The van der Waals surface area contributed by atoms with Crippen LogP contribution in [0.5, 0.6) is 0 Å². The zero-order valence-electron chi connectivity index (χ0n) is 14.4. The number of hydrogen-bond donors (Lipinski definition) is 3. The third-order valence-corrected chi connectivity index (χ3v) is 5.88. The van der Waals surface area contributed by atoms with E-state index in [0.29, 0.717) is 12.2 Å². The smallest absolute Gasteiger partial charge is 0.164 e. The minimum Gasteiger partial charge on any atom is -0.388 e. The first-order valence-corrected chi connectivity index (χ1v) is 11.1. The number of aromatic nitrogens is 1. The summed E-state index contributed by atoms with van der Waals surface area (Å²) < 4.78 is 5.97. The molecule has 24 heavy (non-hydrogen) atoms. The van der Waals surface area contributed by atoms with Gasteiger partial charge in [-0.3, -0.25) is 0 Å². The quantitative estimate of drug-likeness (QED) is 0.668. The number of aliphatic hydroxyl groups excluding tert-OH is 2. The van der Waals surface area contributed by atoms with Crippen molar-refractivity contribution in [2.24, 2.45) is 4.99 Å². The van der Waals surface area contributed by atoms with Crippen molar-refractivity contribution in [1.29, 1.82) is 0 Å². The van der Waals surface area contributed by atoms with E-state index >= 15 is 0 Å². The Morgan fingerprint density at radius 1 is 1.38 bits per heavy atom. The summed E-state index contributed by atoms with van der Waals surface area (Å²) in [5, 5.41) is 21.7. The second-order valence-corrected chi connectivity index (χ2v) is 11.6. The molecule has 2 aliphatic heterocycles. The molecule has 3 rings (SSSR count). The van der Waals surface area contributed by atoms with Crippen molar-refractivity contribution >= 4 is 19.4 Å². The van der Waals surface area contributed by atoms with Crippen molar-refractivity contribution in [2.75, 3.05) is 19.5 Å². The van der Waals surface area contributed by atoms with Crippen molar-refractivity contribution in [3.8, 4) is 0 Å². The Hall–Kier alpha value is -1.33. The lowest BCUT2D eigenvalue weighted by molar-refractivity contribution is -0.0517. The number of hydrogen-bond acceptors (Lipinski definition) is 5. The van der Waals surface area contributed by atoms with Crippen LogP contribution in [0.1, 0.15) is 12.1 Å². The molecular formula is C17H26N3O3P. The Kier molecular flexibility index (Phi) is 4.51. The van der Waals surface area contributed by atoms with Crippen molar-refractivity contribution in [3.63, 3.8) is 0 Å². The summed E-state index contributed by atoms with van der Waals surface area (Å²) >= 11 is 0. The predicted octanol–water partition coefficient (Wildman–Crippen LogP) is 0.0135. The number of aryl methyl sites for hydroxylation is 1. The Morgan fingerprint density at radius 2 is 2.08 bits per heavy atom. The molecule has 1 unspecified atom stereocenters. The van der Waals surface area contributed by atoms with E-state index in [2.05, 4.69) is 36.2 Å². The van der Waals surface area contributed by atoms with Gasteiger partial charge in [-0.25, -0.2) is 4.99 Å². The third-order valence-electron chi connectivity index (χ3n) is 4.41. The molecular weight excluding hydrogens is 325 g/mol. The Bertz CT molecular complexity index is 810. The standard InChI is InChI=1S/C17H26N3O3P/c1-10-8-12-9-20(11(2)19-16(12)18-10)17-15(22)14(21)13(23-17)6-7-24(3,4)5/h8-9,13-15,17,21-22H,2-3,6-7H2,1,4-5H3,(H,18,19)/t13?,14-,15-,17-/m1/s1. The Morgan fingerprint density at radius 3 is 2.75 bits per heavy atom. The van der Waals surface area contributed by atoms with Crippen LogP contribution < -0.4 is 10.7 Å². The normalized spacial score (nSPS) is 30.0. The third kappa shape index (κ3) is 3.38. The molecule has 0 saturated carbocycles. The lowest BCUT2D eigenvalue weighted by Crippen LogP contribution is -2.44. The molecule has 0 spiro atoms. The van der Waals surface area contributed by atoms with Crippen LogP contribution in [0.25, 0.3) is 6.20 Å². The molecule has 0 radical (unpaired) electrons. The molecule has 132 valence electrons. The van der Waals surface area contributed by atoms with Gasteiger partial charge in [0.15, 0.2) is 6.23 Å². The highest BCUT2D eigenvalue weighted by Gasteiger charge is 2.45. The van der Waals surface area contributed by atoms with Crippen LogP contribution in [0.4, 0.5) is 0 Å². The number of nitrogens with zero attached hydrogens (tertiary/aromatic N) is 2. The van der Waals surface area contributed by atoms with E-state index in [9.17, 15) is 10.2 Å². The van der Waals surface area contributed by atoms with Crippen molar-refractivity contribution < 1.29 is 14.9 Å². The van der Waals surface area contributed by atoms with Gasteiger partial charge in [0.25, 0.3) is 0 Å². The van der Waals surface area contributed by atoms with Gasteiger partial charge in [0.1, 0.15) is 23.5 Å². The van der Waals surface area contributed by atoms with Gasteiger partial charge in [-0.05, 0) is 38.9 Å². The Balaban J connectivity index is 1.81. The topological polar surface area (TPSA) is 81.1 Å². The monoisotopic (exact) mass is 351 g/mol. The highest BCUT2D eigenvalue weighted by atomic mass is 31.2. The molecule has 4 atom stereocenters. The fraction of sp³-hybridized carbons (Fsp3) is 0.529. The van der Waals surface area contributed by atoms with E-state index in [1.54, 1.807) is 4.90 Å². The first kappa shape index (κ1) is 17.5. The van der Waals surface area contributed by atoms with Gasteiger partial charge in [-0.1, -0.05) is 6.58 Å². The number of aliphatic hydroxyl groups is 2. The fourth-order valence-corrected chi connectivity index (χ4v) is 4.05.